The van der Waals surface area contributed by atoms with Crippen LogP contribution in [0.3, 0.4) is 0 Å². The molecule has 0 unspecified atom stereocenters. The molecule has 0 amide bonds. The molecule has 1 aliphatic carbocycles. The predicted octanol–water partition coefficient (Wildman–Crippen LogP) is 16.7. The standard InChI is InChI=1S/C74H54N2S2Si2/c1-79(2)67-39-17-9-31-55(67)73(56-32-10-18-40-68(56)79)59-45-65(47-23-21-25-49(43-47)75-61-35-13-5-27-51(61)52-28-6-14-36-62(52)75)78-72(59)74(57-33-11-19-41-69(57)80(3,4)70-42-20-12-34-58(70)74)60-46-66(77-71(60)73)48-24-22-26-50(44-48)76-63-37-15-7-29-53(63)54-30-8-16-38-64(54)76/h5-46H,1-4H3. The third-order valence-electron chi connectivity index (χ3n) is 18.9. The first-order valence-corrected chi connectivity index (χ1v) is 35.7. The fourth-order valence-electron chi connectivity index (χ4n) is 15.5. The van der Waals surface area contributed by atoms with Crippen LogP contribution in [0.4, 0.5) is 0 Å². The summed E-state index contributed by atoms with van der Waals surface area (Å²) in [6.07, 6.45) is 0. The van der Waals surface area contributed by atoms with Gasteiger partial charge in [-0.3, -0.25) is 0 Å². The van der Waals surface area contributed by atoms with E-state index in [-0.39, 0.29) is 0 Å². The lowest BCUT2D eigenvalue weighted by atomic mass is 9.55. The summed E-state index contributed by atoms with van der Waals surface area (Å²) < 4.78 is 4.95. The van der Waals surface area contributed by atoms with E-state index < -0.39 is 27.0 Å². The van der Waals surface area contributed by atoms with E-state index in [4.69, 9.17) is 0 Å². The van der Waals surface area contributed by atoms with Gasteiger partial charge in [-0.15, -0.1) is 22.7 Å². The summed E-state index contributed by atoms with van der Waals surface area (Å²) in [4.78, 5) is 5.45. The zero-order valence-corrected chi connectivity index (χ0v) is 48.6. The molecule has 6 heteroatoms. The molecule has 0 bridgehead atoms. The topological polar surface area (TPSA) is 9.86 Å². The minimum atomic E-state index is -2.24. The maximum Gasteiger partial charge on any atom is 0.113 e. The van der Waals surface area contributed by atoms with Crippen LogP contribution in [0.2, 0.25) is 26.2 Å². The van der Waals surface area contributed by atoms with Crippen LogP contribution in [-0.4, -0.2) is 25.3 Å². The second-order valence-electron chi connectivity index (χ2n) is 23.5. The quantitative estimate of drug-likeness (QED) is 0.155. The minimum absolute atomic E-state index is 0.619. The molecule has 0 saturated heterocycles. The highest BCUT2D eigenvalue weighted by molar-refractivity contribution is 7.17. The van der Waals surface area contributed by atoms with Crippen molar-refractivity contribution >= 4 is 103 Å². The summed E-state index contributed by atoms with van der Waals surface area (Å²) in [6, 6.07) is 98.3. The van der Waals surface area contributed by atoms with E-state index in [1.807, 2.05) is 22.7 Å². The van der Waals surface area contributed by atoms with Crippen LogP contribution in [0.5, 0.6) is 0 Å². The zero-order valence-electron chi connectivity index (χ0n) is 45.0. The second kappa shape index (κ2) is 16.6. The molecule has 0 atom stereocenters. The number of rotatable bonds is 4. The Balaban J connectivity index is 1.00. The van der Waals surface area contributed by atoms with Crippen molar-refractivity contribution in [3.63, 3.8) is 0 Å². The van der Waals surface area contributed by atoms with Gasteiger partial charge >= 0.3 is 0 Å². The van der Waals surface area contributed by atoms with Crippen molar-refractivity contribution < 1.29 is 0 Å². The first-order chi connectivity index (χ1) is 39.2. The number of thiophene rings is 2. The molecule has 0 radical (unpaired) electrons. The van der Waals surface area contributed by atoms with E-state index in [0.717, 1.165) is 0 Å². The Morgan fingerprint density at radius 1 is 0.287 bits per heavy atom. The van der Waals surface area contributed by atoms with Crippen LogP contribution in [0, 0.1) is 0 Å². The molecule has 2 nitrogen and oxygen atoms in total. The highest BCUT2D eigenvalue weighted by Gasteiger charge is 2.62. The van der Waals surface area contributed by atoms with Crippen LogP contribution >= 0.6 is 22.7 Å². The van der Waals surface area contributed by atoms with Gasteiger partial charge in [0.15, 0.2) is 0 Å². The van der Waals surface area contributed by atoms with Crippen LogP contribution in [0.15, 0.2) is 255 Å². The summed E-state index contributed by atoms with van der Waals surface area (Å²) in [5.41, 5.74) is 17.0. The Hall–Kier alpha value is -8.37. The molecule has 4 aromatic heterocycles. The number of hydrogen-bond acceptors (Lipinski definition) is 2. The normalized spacial score (nSPS) is 15.7. The van der Waals surface area contributed by atoms with Gasteiger partial charge in [-0.05, 0) is 126 Å². The molecule has 2 spiro atoms. The Kier molecular flexibility index (Phi) is 9.66. The molecule has 2 aliphatic heterocycles. The lowest BCUT2D eigenvalue weighted by Crippen LogP contribution is -2.66. The molecule has 6 heterocycles. The van der Waals surface area contributed by atoms with Crippen molar-refractivity contribution in [3.8, 4) is 32.3 Å². The van der Waals surface area contributed by atoms with Gasteiger partial charge in [0.05, 0.1) is 32.9 Å². The molecule has 3 aliphatic rings. The molecule has 380 valence electrons. The van der Waals surface area contributed by atoms with Gasteiger partial charge < -0.3 is 9.13 Å². The fraction of sp³-hybridized carbons (Fsp3) is 0.0811. The molecule has 14 aromatic rings. The molecule has 17 rings (SSSR count). The highest BCUT2D eigenvalue weighted by atomic mass is 32.1. The monoisotopic (exact) mass is 1090 g/mol. The molecular weight excluding hydrogens is 1040 g/mol. The van der Waals surface area contributed by atoms with E-state index in [9.17, 15) is 0 Å². The molecule has 80 heavy (non-hydrogen) atoms. The van der Waals surface area contributed by atoms with Gasteiger partial charge in [-0.2, -0.15) is 0 Å². The van der Waals surface area contributed by atoms with Gasteiger partial charge in [-0.1, -0.05) is 220 Å². The van der Waals surface area contributed by atoms with Crippen molar-refractivity contribution in [1.29, 1.82) is 0 Å². The molecule has 0 fully saturated rings. The number of fused-ring (bicyclic) bond motifs is 20. The second-order valence-corrected chi connectivity index (χ2v) is 34.2. The highest BCUT2D eigenvalue weighted by Crippen LogP contribution is 2.66. The molecule has 10 aromatic carbocycles. The minimum Gasteiger partial charge on any atom is -0.309 e. The third-order valence-corrected chi connectivity index (χ3v) is 28.6. The SMILES string of the molecule is C[Si]1(C)c2ccccc2C2(c3ccccc31)c1cc(-c3cccc(-n4c5ccccc5c5ccccc54)c3)sc1C1(c3ccccc3[Si](C)(C)c3ccccc31)c1cc(-c3cccc(-n4c5ccccc5c5ccccc54)c3)sc12. The average Bonchev–Trinajstić information content (AvgIpc) is 2.31. The number of para-hydroxylation sites is 4. The molecular formula is C74H54N2S2Si2. The number of aromatic nitrogens is 2. The van der Waals surface area contributed by atoms with E-state index in [1.165, 1.54) is 140 Å². The Morgan fingerprint density at radius 2 is 0.575 bits per heavy atom. The van der Waals surface area contributed by atoms with Gasteiger partial charge in [-0.25, -0.2) is 0 Å². The first kappa shape index (κ1) is 46.5. The van der Waals surface area contributed by atoms with E-state index >= 15 is 0 Å². The van der Waals surface area contributed by atoms with Crippen molar-refractivity contribution in [2.45, 2.75) is 37.0 Å². The zero-order chi connectivity index (χ0) is 53.3. The van der Waals surface area contributed by atoms with Crippen molar-refractivity contribution in [2.24, 2.45) is 0 Å². The van der Waals surface area contributed by atoms with Gasteiger partial charge in [0.2, 0.25) is 0 Å². The van der Waals surface area contributed by atoms with Gasteiger partial charge in [0.1, 0.15) is 16.1 Å². The average molecular weight is 1090 g/mol. The smallest absolute Gasteiger partial charge is 0.113 e. The largest absolute Gasteiger partial charge is 0.309 e. The van der Waals surface area contributed by atoms with E-state index in [2.05, 4.69) is 290 Å². The Morgan fingerprint density at radius 3 is 0.900 bits per heavy atom. The summed E-state index contributed by atoms with van der Waals surface area (Å²) in [6.45, 7) is 10.3. The molecule has 0 saturated carbocycles. The van der Waals surface area contributed by atoms with E-state index in [0.29, 0.717) is 0 Å². The fourth-order valence-corrected chi connectivity index (χ4v) is 24.8. The predicted molar refractivity (Wildman–Crippen MR) is 345 cm³/mol. The Bertz CT molecular complexity index is 4380. The summed E-state index contributed by atoms with van der Waals surface area (Å²) in [5, 5.41) is 11.2. The number of hydrogen-bond donors (Lipinski definition) is 0. The maximum atomic E-state index is 2.67. The first-order valence-electron chi connectivity index (χ1n) is 28.1. The van der Waals surface area contributed by atoms with Crippen LogP contribution in [-0.2, 0) is 10.8 Å². The van der Waals surface area contributed by atoms with Crippen molar-refractivity contribution in [3.05, 3.63) is 298 Å². The summed E-state index contributed by atoms with van der Waals surface area (Å²) >= 11 is 4.08. The summed E-state index contributed by atoms with van der Waals surface area (Å²) in [5.74, 6) is 0. The van der Waals surface area contributed by atoms with Crippen molar-refractivity contribution in [2.75, 3.05) is 0 Å². The maximum absolute atomic E-state index is 2.67. The molecule has 0 N–H and O–H groups in total. The number of nitrogens with zero attached hydrogens (tertiary/aromatic N) is 2. The Labute approximate surface area is 476 Å². The number of benzene rings is 10. The lowest BCUT2D eigenvalue weighted by molar-refractivity contribution is 0.647. The lowest BCUT2D eigenvalue weighted by Gasteiger charge is -2.54. The summed E-state index contributed by atoms with van der Waals surface area (Å²) in [7, 11) is -4.48. The van der Waals surface area contributed by atoms with Gasteiger partial charge in [0.25, 0.3) is 0 Å². The van der Waals surface area contributed by atoms with Crippen LogP contribution in [0.25, 0.3) is 75.9 Å². The van der Waals surface area contributed by atoms with Crippen LogP contribution < -0.4 is 20.7 Å². The third kappa shape index (κ3) is 5.91. The van der Waals surface area contributed by atoms with E-state index in [1.54, 1.807) is 0 Å². The van der Waals surface area contributed by atoms with Gasteiger partial charge in [0, 0.05) is 52.4 Å². The van der Waals surface area contributed by atoms with Crippen molar-refractivity contribution in [1.82, 2.24) is 9.13 Å². The van der Waals surface area contributed by atoms with Crippen LogP contribution in [0.1, 0.15) is 43.1 Å².